The molecule has 0 unspecified atom stereocenters. The molecule has 1 amide bonds. The first kappa shape index (κ1) is 17.7. The number of nitrogens with two attached hydrogens (primary N) is 1. The van der Waals surface area contributed by atoms with Gasteiger partial charge in [0.15, 0.2) is 0 Å². The minimum Gasteiger partial charge on any atom is -0.349 e. The molecule has 0 radical (unpaired) electrons. The van der Waals surface area contributed by atoms with Crippen LogP contribution in [-0.2, 0) is 4.79 Å². The van der Waals surface area contributed by atoms with Crippen LogP contribution in [0.2, 0.25) is 0 Å². The number of carbonyl (C=O) groups is 1. The Balaban J connectivity index is 0.00000289. The van der Waals surface area contributed by atoms with E-state index in [0.717, 1.165) is 12.8 Å². The molecule has 4 heteroatoms. The van der Waals surface area contributed by atoms with E-state index >= 15 is 0 Å². The van der Waals surface area contributed by atoms with Crippen LogP contribution < -0.4 is 11.1 Å². The van der Waals surface area contributed by atoms with E-state index in [1.54, 1.807) is 0 Å². The van der Waals surface area contributed by atoms with Crippen molar-refractivity contribution in [2.75, 3.05) is 6.54 Å². The summed E-state index contributed by atoms with van der Waals surface area (Å²) in [5.41, 5.74) is 5.62. The summed E-state index contributed by atoms with van der Waals surface area (Å²) in [6, 6.07) is 0. The van der Waals surface area contributed by atoms with Gasteiger partial charge in [-0.15, -0.1) is 12.4 Å². The normalized spacial score (nSPS) is 17.1. The molecule has 3 nitrogen and oxygen atoms in total. The summed E-state index contributed by atoms with van der Waals surface area (Å²) < 4.78 is 0. The van der Waals surface area contributed by atoms with Gasteiger partial charge in [0.05, 0.1) is 5.54 Å². The van der Waals surface area contributed by atoms with Crippen LogP contribution in [-0.4, -0.2) is 18.0 Å². The molecule has 108 valence electrons. The fourth-order valence-electron chi connectivity index (χ4n) is 2.77. The van der Waals surface area contributed by atoms with Crippen LogP contribution in [0.4, 0.5) is 0 Å². The lowest BCUT2D eigenvalue weighted by atomic mass is 9.86. The van der Waals surface area contributed by atoms with Gasteiger partial charge < -0.3 is 11.1 Å². The molecule has 0 atom stereocenters. The minimum absolute atomic E-state index is 0. The highest BCUT2D eigenvalue weighted by Crippen LogP contribution is 2.26. The highest BCUT2D eigenvalue weighted by Gasteiger charge is 2.27. The molecule has 1 rings (SSSR count). The number of amides is 1. The maximum absolute atomic E-state index is 12.0. The van der Waals surface area contributed by atoms with E-state index in [1.807, 2.05) is 0 Å². The number of hydrogen-bond acceptors (Lipinski definition) is 2. The Kier molecular flexibility index (Phi) is 8.62. The van der Waals surface area contributed by atoms with Crippen molar-refractivity contribution in [2.45, 2.75) is 70.8 Å². The molecule has 18 heavy (non-hydrogen) atoms. The second-order valence-corrected chi connectivity index (χ2v) is 5.45. The second kappa shape index (κ2) is 8.76. The fourth-order valence-corrected chi connectivity index (χ4v) is 2.77. The number of nitrogens with one attached hydrogen (secondary N) is 1. The molecule has 0 bridgehead atoms. The summed E-state index contributed by atoms with van der Waals surface area (Å²) in [6.07, 6.45) is 8.90. The van der Waals surface area contributed by atoms with Crippen molar-refractivity contribution < 1.29 is 4.79 Å². The Morgan fingerprint density at radius 2 is 1.78 bits per heavy atom. The Morgan fingerprint density at radius 3 is 2.22 bits per heavy atom. The molecule has 0 aliphatic heterocycles. The van der Waals surface area contributed by atoms with Gasteiger partial charge in [-0.05, 0) is 31.6 Å². The van der Waals surface area contributed by atoms with Crippen LogP contribution in [0, 0.1) is 5.92 Å². The fraction of sp³-hybridized carbons (Fsp3) is 0.929. The third kappa shape index (κ3) is 5.15. The summed E-state index contributed by atoms with van der Waals surface area (Å²) in [5, 5.41) is 3.16. The van der Waals surface area contributed by atoms with Crippen molar-refractivity contribution in [1.82, 2.24) is 5.32 Å². The molecule has 1 saturated carbocycles. The van der Waals surface area contributed by atoms with E-state index in [1.165, 1.54) is 32.1 Å². The van der Waals surface area contributed by atoms with E-state index in [2.05, 4.69) is 19.2 Å². The molecule has 0 aromatic heterocycles. The van der Waals surface area contributed by atoms with Gasteiger partial charge in [-0.1, -0.05) is 33.1 Å². The van der Waals surface area contributed by atoms with Gasteiger partial charge in [-0.25, -0.2) is 0 Å². The van der Waals surface area contributed by atoms with Crippen molar-refractivity contribution in [3.05, 3.63) is 0 Å². The van der Waals surface area contributed by atoms with Crippen LogP contribution in [0.25, 0.3) is 0 Å². The molecular weight excluding hydrogens is 248 g/mol. The largest absolute Gasteiger partial charge is 0.349 e. The van der Waals surface area contributed by atoms with E-state index in [9.17, 15) is 4.79 Å². The lowest BCUT2D eigenvalue weighted by molar-refractivity contribution is -0.124. The van der Waals surface area contributed by atoms with Crippen molar-refractivity contribution in [2.24, 2.45) is 11.7 Å². The van der Waals surface area contributed by atoms with E-state index in [4.69, 9.17) is 5.73 Å². The Hall–Kier alpha value is -0.280. The predicted molar refractivity (Wildman–Crippen MR) is 79.0 cm³/mol. The quantitative estimate of drug-likeness (QED) is 0.784. The van der Waals surface area contributed by atoms with Crippen molar-refractivity contribution in [1.29, 1.82) is 0 Å². The predicted octanol–water partition coefficient (Wildman–Crippen LogP) is 3.01. The van der Waals surface area contributed by atoms with Gasteiger partial charge in [0, 0.05) is 13.0 Å². The zero-order valence-electron chi connectivity index (χ0n) is 11.8. The monoisotopic (exact) mass is 276 g/mol. The topological polar surface area (TPSA) is 55.1 Å². The summed E-state index contributed by atoms with van der Waals surface area (Å²) in [7, 11) is 0. The van der Waals surface area contributed by atoms with Gasteiger partial charge >= 0.3 is 0 Å². The average Bonchev–Trinajstić information content (AvgIpc) is 2.37. The van der Waals surface area contributed by atoms with E-state index in [-0.39, 0.29) is 23.9 Å². The molecule has 1 fully saturated rings. The summed E-state index contributed by atoms with van der Waals surface area (Å²) in [4.78, 5) is 12.0. The minimum atomic E-state index is -0.175. The highest BCUT2D eigenvalue weighted by atomic mass is 35.5. The average molecular weight is 277 g/mol. The van der Waals surface area contributed by atoms with Crippen LogP contribution in [0.15, 0.2) is 0 Å². The summed E-state index contributed by atoms with van der Waals surface area (Å²) >= 11 is 0. The summed E-state index contributed by atoms with van der Waals surface area (Å²) in [5.74, 6) is 0.805. The zero-order valence-corrected chi connectivity index (χ0v) is 12.7. The lowest BCUT2D eigenvalue weighted by Crippen LogP contribution is -2.53. The van der Waals surface area contributed by atoms with Gasteiger partial charge in [-0.3, -0.25) is 4.79 Å². The van der Waals surface area contributed by atoms with Crippen LogP contribution in [0.3, 0.4) is 0 Å². The number of hydrogen-bond donors (Lipinski definition) is 2. The highest BCUT2D eigenvalue weighted by molar-refractivity contribution is 5.85. The number of carbonyl (C=O) groups excluding carboxylic acids is 1. The molecule has 1 aliphatic rings. The van der Waals surface area contributed by atoms with Gasteiger partial charge in [-0.2, -0.15) is 0 Å². The first-order chi connectivity index (χ1) is 8.15. The van der Waals surface area contributed by atoms with Crippen molar-refractivity contribution in [3.63, 3.8) is 0 Å². The molecular formula is C14H29ClN2O. The lowest BCUT2D eigenvalue weighted by Gasteiger charge is -2.32. The zero-order chi connectivity index (χ0) is 12.7. The van der Waals surface area contributed by atoms with Crippen LogP contribution >= 0.6 is 12.4 Å². The van der Waals surface area contributed by atoms with Crippen molar-refractivity contribution >= 4 is 18.3 Å². The number of rotatable bonds is 6. The SMILES string of the molecule is CCC(CC)(CN)NC(=O)CC1CCCCC1.Cl. The van der Waals surface area contributed by atoms with Crippen LogP contribution in [0.1, 0.15) is 65.2 Å². The first-order valence-corrected chi connectivity index (χ1v) is 7.17. The third-order valence-corrected chi connectivity index (χ3v) is 4.35. The van der Waals surface area contributed by atoms with E-state index in [0.29, 0.717) is 18.9 Å². The summed E-state index contributed by atoms with van der Waals surface area (Å²) in [6.45, 7) is 4.73. The Bertz CT molecular complexity index is 228. The van der Waals surface area contributed by atoms with Gasteiger partial charge in [0.1, 0.15) is 0 Å². The smallest absolute Gasteiger partial charge is 0.220 e. The molecule has 0 saturated heterocycles. The third-order valence-electron chi connectivity index (χ3n) is 4.35. The molecule has 0 aromatic carbocycles. The van der Waals surface area contributed by atoms with Gasteiger partial charge in [0.25, 0.3) is 0 Å². The molecule has 1 aliphatic carbocycles. The maximum Gasteiger partial charge on any atom is 0.220 e. The molecule has 0 aromatic rings. The molecule has 0 spiro atoms. The number of halogens is 1. The molecule has 0 heterocycles. The van der Waals surface area contributed by atoms with E-state index < -0.39 is 0 Å². The molecule has 3 N–H and O–H groups in total. The van der Waals surface area contributed by atoms with Crippen LogP contribution in [0.5, 0.6) is 0 Å². The Labute approximate surface area is 118 Å². The first-order valence-electron chi connectivity index (χ1n) is 7.17. The Morgan fingerprint density at radius 1 is 1.22 bits per heavy atom. The van der Waals surface area contributed by atoms with Gasteiger partial charge in [0.2, 0.25) is 5.91 Å². The maximum atomic E-state index is 12.0. The van der Waals surface area contributed by atoms with Crippen molar-refractivity contribution in [3.8, 4) is 0 Å². The standard InChI is InChI=1S/C14H28N2O.ClH/c1-3-14(4-2,11-15)16-13(17)10-12-8-6-5-7-9-12;/h12H,3-11,15H2,1-2H3,(H,16,17);1H. The second-order valence-electron chi connectivity index (χ2n) is 5.45.